The zero-order valence-corrected chi connectivity index (χ0v) is 15.0. The quantitative estimate of drug-likeness (QED) is 0.464. The Bertz CT molecular complexity index is 979. The second-order valence-corrected chi connectivity index (χ2v) is 6.18. The van der Waals surface area contributed by atoms with E-state index in [1.54, 1.807) is 72.8 Å². The summed E-state index contributed by atoms with van der Waals surface area (Å²) in [6.45, 7) is -0.397. The molecule has 0 spiro atoms. The molecule has 27 heavy (non-hydrogen) atoms. The number of hydrogen-bond donors (Lipinski definition) is 0. The summed E-state index contributed by atoms with van der Waals surface area (Å²) in [5.74, 6) is -1.36. The Morgan fingerprint density at radius 2 is 1.30 bits per heavy atom. The molecule has 4 nitrogen and oxygen atoms in total. The van der Waals surface area contributed by atoms with Crippen molar-refractivity contribution < 1.29 is 19.1 Å². The first-order valence-corrected chi connectivity index (χ1v) is 8.59. The normalized spacial score (nSPS) is 10.3. The van der Waals surface area contributed by atoms with E-state index in [4.69, 9.17) is 16.3 Å². The number of ether oxygens (including phenoxy) is 1. The van der Waals surface area contributed by atoms with E-state index in [2.05, 4.69) is 0 Å². The van der Waals surface area contributed by atoms with Gasteiger partial charge in [0.15, 0.2) is 18.2 Å². The lowest BCUT2D eigenvalue weighted by molar-refractivity contribution is 0.0473. The van der Waals surface area contributed by atoms with E-state index in [9.17, 15) is 14.4 Å². The van der Waals surface area contributed by atoms with Gasteiger partial charge in [0, 0.05) is 21.7 Å². The van der Waals surface area contributed by atoms with Crippen molar-refractivity contribution in [1.82, 2.24) is 0 Å². The van der Waals surface area contributed by atoms with Crippen molar-refractivity contribution in [3.05, 3.63) is 106 Å². The van der Waals surface area contributed by atoms with E-state index < -0.39 is 12.6 Å². The van der Waals surface area contributed by atoms with E-state index >= 15 is 0 Å². The molecule has 0 saturated carbocycles. The Kier molecular flexibility index (Phi) is 5.79. The van der Waals surface area contributed by atoms with Crippen molar-refractivity contribution in [1.29, 1.82) is 0 Å². The van der Waals surface area contributed by atoms with Crippen molar-refractivity contribution in [2.24, 2.45) is 0 Å². The molecule has 0 saturated heterocycles. The van der Waals surface area contributed by atoms with Crippen LogP contribution in [0.25, 0.3) is 0 Å². The molecule has 0 atom stereocenters. The third-order valence-electron chi connectivity index (χ3n) is 3.93. The molecule has 0 amide bonds. The molecular formula is C22H15ClO4. The number of hydrogen-bond acceptors (Lipinski definition) is 4. The number of carbonyl (C=O) groups excluding carboxylic acids is 3. The van der Waals surface area contributed by atoms with Gasteiger partial charge >= 0.3 is 5.97 Å². The Morgan fingerprint density at radius 1 is 0.704 bits per heavy atom. The minimum absolute atomic E-state index is 0.110. The second-order valence-electron chi connectivity index (χ2n) is 5.75. The van der Waals surface area contributed by atoms with Crippen LogP contribution in [0.15, 0.2) is 78.9 Å². The van der Waals surface area contributed by atoms with Crippen molar-refractivity contribution >= 4 is 29.1 Å². The summed E-state index contributed by atoms with van der Waals surface area (Å²) in [6, 6.07) is 21.3. The minimum Gasteiger partial charge on any atom is -0.454 e. The molecule has 5 heteroatoms. The van der Waals surface area contributed by atoms with Crippen LogP contribution < -0.4 is 0 Å². The van der Waals surface area contributed by atoms with Gasteiger partial charge < -0.3 is 4.74 Å². The smallest absolute Gasteiger partial charge is 0.339 e. The van der Waals surface area contributed by atoms with Crippen LogP contribution in [0, 0.1) is 0 Å². The van der Waals surface area contributed by atoms with Gasteiger partial charge in [-0.3, -0.25) is 9.59 Å². The minimum atomic E-state index is -0.725. The molecule has 0 bridgehead atoms. The molecule has 0 unspecified atom stereocenters. The average molecular weight is 379 g/mol. The van der Waals surface area contributed by atoms with Crippen LogP contribution in [0.3, 0.4) is 0 Å². The van der Waals surface area contributed by atoms with Crippen molar-refractivity contribution in [3.8, 4) is 0 Å². The molecule has 0 aliphatic carbocycles. The maximum Gasteiger partial charge on any atom is 0.339 e. The standard InChI is InChI=1S/C22H15ClO4/c23-17-12-10-16(11-13-17)21(25)18-8-4-5-9-19(18)22(26)27-14-20(24)15-6-2-1-3-7-15/h1-13H,14H2. The van der Waals surface area contributed by atoms with E-state index in [0.717, 1.165) is 0 Å². The predicted molar refractivity (Wildman–Crippen MR) is 102 cm³/mol. The van der Waals surface area contributed by atoms with Gasteiger partial charge in [-0.25, -0.2) is 4.79 Å². The molecule has 0 radical (unpaired) electrons. The third kappa shape index (κ3) is 4.49. The fraction of sp³-hybridized carbons (Fsp3) is 0.0455. The topological polar surface area (TPSA) is 60.4 Å². The lowest BCUT2D eigenvalue weighted by atomic mass is 9.98. The van der Waals surface area contributed by atoms with Crippen LogP contribution in [0.1, 0.15) is 36.6 Å². The van der Waals surface area contributed by atoms with Gasteiger partial charge in [0.1, 0.15) is 0 Å². The number of benzene rings is 3. The van der Waals surface area contributed by atoms with Crippen molar-refractivity contribution in [2.75, 3.05) is 6.61 Å². The van der Waals surface area contributed by atoms with E-state index in [1.807, 2.05) is 0 Å². The van der Waals surface area contributed by atoms with Gasteiger partial charge in [-0.05, 0) is 30.3 Å². The molecule has 0 N–H and O–H groups in total. The van der Waals surface area contributed by atoms with Gasteiger partial charge in [0.25, 0.3) is 0 Å². The summed E-state index contributed by atoms with van der Waals surface area (Å²) in [7, 11) is 0. The second kappa shape index (κ2) is 8.43. The largest absolute Gasteiger partial charge is 0.454 e. The Morgan fingerprint density at radius 3 is 1.96 bits per heavy atom. The Hall–Kier alpha value is -3.24. The van der Waals surface area contributed by atoms with Gasteiger partial charge in [0.2, 0.25) is 0 Å². The number of rotatable bonds is 6. The van der Waals surface area contributed by atoms with Gasteiger partial charge in [-0.2, -0.15) is 0 Å². The van der Waals surface area contributed by atoms with Crippen LogP contribution in [0.5, 0.6) is 0 Å². The van der Waals surface area contributed by atoms with Crippen LogP contribution >= 0.6 is 11.6 Å². The zero-order chi connectivity index (χ0) is 19.2. The van der Waals surface area contributed by atoms with E-state index in [1.165, 1.54) is 6.07 Å². The Balaban J connectivity index is 1.77. The summed E-state index contributed by atoms with van der Waals surface area (Å²) in [6.07, 6.45) is 0. The SMILES string of the molecule is O=C(COC(=O)c1ccccc1C(=O)c1ccc(Cl)cc1)c1ccccc1. The molecule has 134 valence electrons. The zero-order valence-electron chi connectivity index (χ0n) is 14.2. The summed E-state index contributed by atoms with van der Waals surface area (Å²) in [4.78, 5) is 37.3. The fourth-order valence-electron chi connectivity index (χ4n) is 2.53. The fourth-order valence-corrected chi connectivity index (χ4v) is 2.66. The maximum atomic E-state index is 12.7. The summed E-state index contributed by atoms with van der Waals surface area (Å²) < 4.78 is 5.13. The number of carbonyl (C=O) groups is 3. The highest BCUT2D eigenvalue weighted by Gasteiger charge is 2.20. The monoisotopic (exact) mass is 378 g/mol. The lowest BCUT2D eigenvalue weighted by Crippen LogP contribution is -2.17. The number of Topliss-reactive ketones (excluding diaryl/α,β-unsaturated/α-hetero) is 1. The Labute approximate surface area is 161 Å². The molecule has 3 rings (SSSR count). The number of esters is 1. The molecule has 0 aliphatic rings. The van der Waals surface area contributed by atoms with E-state index in [0.29, 0.717) is 16.1 Å². The van der Waals surface area contributed by atoms with Gasteiger partial charge in [0.05, 0.1) is 5.56 Å². The van der Waals surface area contributed by atoms with Gasteiger partial charge in [-0.15, -0.1) is 0 Å². The number of ketones is 2. The van der Waals surface area contributed by atoms with Crippen LogP contribution in [0.2, 0.25) is 5.02 Å². The summed E-state index contributed by atoms with van der Waals surface area (Å²) in [5.41, 5.74) is 1.17. The first-order valence-electron chi connectivity index (χ1n) is 8.21. The van der Waals surface area contributed by atoms with Gasteiger partial charge in [-0.1, -0.05) is 60.1 Å². The highest BCUT2D eigenvalue weighted by molar-refractivity contribution is 6.30. The molecule has 0 heterocycles. The number of halogens is 1. The first kappa shape index (κ1) is 18.5. The average Bonchev–Trinajstić information content (AvgIpc) is 2.72. The molecule has 0 aliphatic heterocycles. The molecule has 3 aromatic carbocycles. The van der Waals surface area contributed by atoms with E-state index in [-0.39, 0.29) is 22.7 Å². The third-order valence-corrected chi connectivity index (χ3v) is 4.18. The molecule has 0 aromatic heterocycles. The van der Waals surface area contributed by atoms with Crippen molar-refractivity contribution in [3.63, 3.8) is 0 Å². The lowest BCUT2D eigenvalue weighted by Gasteiger charge is -2.09. The van der Waals surface area contributed by atoms with Crippen LogP contribution in [0.4, 0.5) is 0 Å². The summed E-state index contributed by atoms with van der Waals surface area (Å²) >= 11 is 5.85. The highest BCUT2D eigenvalue weighted by Crippen LogP contribution is 2.18. The van der Waals surface area contributed by atoms with Crippen LogP contribution in [-0.2, 0) is 4.74 Å². The van der Waals surface area contributed by atoms with Crippen LogP contribution in [-0.4, -0.2) is 24.1 Å². The highest BCUT2D eigenvalue weighted by atomic mass is 35.5. The maximum absolute atomic E-state index is 12.7. The molecule has 3 aromatic rings. The predicted octanol–water partition coefficient (Wildman–Crippen LogP) is 4.61. The first-order chi connectivity index (χ1) is 13.1. The van der Waals surface area contributed by atoms with Crippen molar-refractivity contribution in [2.45, 2.75) is 0 Å². The molecular weight excluding hydrogens is 364 g/mol. The summed E-state index contributed by atoms with van der Waals surface area (Å²) in [5, 5.41) is 0.513. The molecule has 0 fully saturated rings.